The number of sulfonamides is 1. The molecule has 1 saturated heterocycles. The minimum atomic E-state index is -3.63. The lowest BCUT2D eigenvalue weighted by molar-refractivity contribution is -0.0440. The number of rotatable bonds is 5. The van der Waals surface area contributed by atoms with E-state index >= 15 is 0 Å². The molecule has 0 radical (unpaired) electrons. The van der Waals surface area contributed by atoms with Gasteiger partial charge in [0.15, 0.2) is 0 Å². The van der Waals surface area contributed by atoms with E-state index in [0.717, 1.165) is 12.8 Å². The molecular weight excluding hydrogens is 404 g/mol. The highest BCUT2D eigenvalue weighted by Crippen LogP contribution is 2.31. The van der Waals surface area contributed by atoms with Crippen molar-refractivity contribution in [2.45, 2.75) is 62.7 Å². The van der Waals surface area contributed by atoms with Crippen LogP contribution >= 0.6 is 0 Å². The second kappa shape index (κ2) is 8.49. The molecule has 2 fully saturated rings. The van der Waals surface area contributed by atoms with Gasteiger partial charge in [-0.2, -0.15) is 9.40 Å². The van der Waals surface area contributed by atoms with Gasteiger partial charge < -0.3 is 10.1 Å². The molecule has 1 aromatic heterocycles. The van der Waals surface area contributed by atoms with Gasteiger partial charge in [-0.25, -0.2) is 13.1 Å². The summed E-state index contributed by atoms with van der Waals surface area (Å²) in [7, 11) is -3.63. The van der Waals surface area contributed by atoms with E-state index in [-0.39, 0.29) is 23.0 Å². The molecule has 0 spiro atoms. The van der Waals surface area contributed by atoms with Gasteiger partial charge >= 0.3 is 0 Å². The van der Waals surface area contributed by atoms with Crippen molar-refractivity contribution in [3.05, 3.63) is 42.1 Å². The number of anilines is 1. The zero-order valence-corrected chi connectivity index (χ0v) is 18.1. The Morgan fingerprint density at radius 1 is 1.07 bits per heavy atom. The largest absolute Gasteiger partial charge is 0.373 e. The summed E-state index contributed by atoms with van der Waals surface area (Å²) >= 11 is 0. The van der Waals surface area contributed by atoms with Crippen molar-refractivity contribution in [1.29, 1.82) is 0 Å². The first-order chi connectivity index (χ1) is 14.3. The summed E-state index contributed by atoms with van der Waals surface area (Å²) in [5, 5.41) is 7.26. The Labute approximate surface area is 177 Å². The average molecular weight is 433 g/mol. The highest BCUT2D eigenvalue weighted by atomic mass is 32.2. The molecular formula is C21H28N4O4S. The number of hydrogen-bond acceptors (Lipinski definition) is 5. The molecule has 1 aliphatic heterocycles. The van der Waals surface area contributed by atoms with Gasteiger partial charge in [0, 0.05) is 24.7 Å². The van der Waals surface area contributed by atoms with E-state index in [1.807, 2.05) is 18.5 Å². The van der Waals surface area contributed by atoms with Gasteiger partial charge in [-0.05, 0) is 51.0 Å². The Morgan fingerprint density at radius 2 is 1.70 bits per heavy atom. The van der Waals surface area contributed by atoms with Gasteiger partial charge in [0.05, 0.1) is 29.3 Å². The lowest BCUT2D eigenvalue weighted by atomic mass is 10.2. The fourth-order valence-electron chi connectivity index (χ4n) is 4.30. The molecule has 4 rings (SSSR count). The van der Waals surface area contributed by atoms with Crippen LogP contribution in [0.4, 0.5) is 5.82 Å². The van der Waals surface area contributed by atoms with Crippen molar-refractivity contribution in [2.24, 2.45) is 0 Å². The minimum Gasteiger partial charge on any atom is -0.373 e. The van der Waals surface area contributed by atoms with Crippen molar-refractivity contribution >= 4 is 21.7 Å². The number of aromatic nitrogens is 2. The van der Waals surface area contributed by atoms with E-state index in [2.05, 4.69) is 10.4 Å². The molecule has 1 aromatic carbocycles. The van der Waals surface area contributed by atoms with Crippen LogP contribution in [0, 0.1) is 0 Å². The van der Waals surface area contributed by atoms with Crippen LogP contribution in [-0.4, -0.2) is 53.7 Å². The smallest absolute Gasteiger partial charge is 0.256 e. The van der Waals surface area contributed by atoms with Crippen LogP contribution in [0.2, 0.25) is 0 Å². The van der Waals surface area contributed by atoms with Gasteiger partial charge in [-0.15, -0.1) is 0 Å². The third-order valence-electron chi connectivity index (χ3n) is 5.72. The number of ether oxygens (including phenoxy) is 1. The predicted molar refractivity (Wildman–Crippen MR) is 113 cm³/mol. The SMILES string of the molecule is C[C@H]1CN(S(=O)(=O)c2ccc(C(=O)Nc3ccnn3C3CCCC3)cc2)C[C@H](C)O1. The van der Waals surface area contributed by atoms with Crippen molar-refractivity contribution in [2.75, 3.05) is 18.4 Å². The van der Waals surface area contributed by atoms with Crippen LogP contribution in [0.15, 0.2) is 41.4 Å². The average Bonchev–Trinajstić information content (AvgIpc) is 3.39. The highest BCUT2D eigenvalue weighted by Gasteiger charge is 2.32. The lowest BCUT2D eigenvalue weighted by Gasteiger charge is -2.34. The fourth-order valence-corrected chi connectivity index (χ4v) is 5.89. The maximum Gasteiger partial charge on any atom is 0.256 e. The molecule has 1 amide bonds. The first kappa shape index (κ1) is 21.0. The fraction of sp³-hybridized carbons (Fsp3) is 0.524. The van der Waals surface area contributed by atoms with Crippen molar-refractivity contribution in [1.82, 2.24) is 14.1 Å². The molecule has 30 heavy (non-hydrogen) atoms. The summed E-state index contributed by atoms with van der Waals surface area (Å²) in [6.07, 6.45) is 5.86. The van der Waals surface area contributed by atoms with Crippen LogP contribution in [0.5, 0.6) is 0 Å². The molecule has 0 unspecified atom stereocenters. The molecule has 2 aliphatic rings. The van der Waals surface area contributed by atoms with Crippen LogP contribution in [0.25, 0.3) is 0 Å². The molecule has 9 heteroatoms. The lowest BCUT2D eigenvalue weighted by Crippen LogP contribution is -2.48. The zero-order chi connectivity index (χ0) is 21.3. The summed E-state index contributed by atoms with van der Waals surface area (Å²) in [5.41, 5.74) is 0.400. The Hall–Kier alpha value is -2.23. The number of carbonyl (C=O) groups excluding carboxylic acids is 1. The Balaban J connectivity index is 1.47. The van der Waals surface area contributed by atoms with E-state index in [1.54, 1.807) is 24.4 Å². The van der Waals surface area contributed by atoms with Gasteiger partial charge in [-0.3, -0.25) is 4.79 Å². The predicted octanol–water partition coefficient (Wildman–Crippen LogP) is 3.05. The summed E-state index contributed by atoms with van der Waals surface area (Å²) in [5.74, 6) is 0.382. The molecule has 2 atom stereocenters. The van der Waals surface area contributed by atoms with Crippen LogP contribution in [-0.2, 0) is 14.8 Å². The Bertz CT molecular complexity index is 986. The topological polar surface area (TPSA) is 93.5 Å². The molecule has 8 nitrogen and oxygen atoms in total. The van der Waals surface area contributed by atoms with Gasteiger partial charge in [0.1, 0.15) is 5.82 Å². The molecule has 0 bridgehead atoms. The van der Waals surface area contributed by atoms with Gasteiger partial charge in [0.2, 0.25) is 10.0 Å². The van der Waals surface area contributed by atoms with Crippen molar-refractivity contribution in [3.8, 4) is 0 Å². The number of nitrogens with one attached hydrogen (secondary N) is 1. The van der Waals surface area contributed by atoms with E-state index in [9.17, 15) is 13.2 Å². The van der Waals surface area contributed by atoms with Crippen molar-refractivity contribution in [3.63, 3.8) is 0 Å². The molecule has 2 heterocycles. The van der Waals surface area contributed by atoms with E-state index < -0.39 is 10.0 Å². The summed E-state index contributed by atoms with van der Waals surface area (Å²) in [4.78, 5) is 12.9. The minimum absolute atomic E-state index is 0.154. The van der Waals surface area contributed by atoms with E-state index in [0.29, 0.717) is 30.5 Å². The Morgan fingerprint density at radius 3 is 2.33 bits per heavy atom. The quantitative estimate of drug-likeness (QED) is 0.784. The highest BCUT2D eigenvalue weighted by molar-refractivity contribution is 7.89. The summed E-state index contributed by atoms with van der Waals surface area (Å²) in [6.45, 7) is 4.37. The molecule has 1 N–H and O–H groups in total. The van der Waals surface area contributed by atoms with Gasteiger partial charge in [-0.1, -0.05) is 12.8 Å². The number of morpholine rings is 1. The first-order valence-corrected chi connectivity index (χ1v) is 11.9. The second-order valence-electron chi connectivity index (χ2n) is 8.16. The normalized spacial score (nSPS) is 23.5. The number of nitrogens with zero attached hydrogens (tertiary/aromatic N) is 3. The molecule has 162 valence electrons. The Kier molecular flexibility index (Phi) is 5.95. The number of hydrogen-bond donors (Lipinski definition) is 1. The monoisotopic (exact) mass is 432 g/mol. The molecule has 1 aliphatic carbocycles. The van der Waals surface area contributed by atoms with Crippen molar-refractivity contribution < 1.29 is 17.9 Å². The summed E-state index contributed by atoms with van der Waals surface area (Å²) in [6, 6.07) is 8.18. The van der Waals surface area contributed by atoms with E-state index in [4.69, 9.17) is 4.74 Å². The van der Waals surface area contributed by atoms with Gasteiger partial charge in [0.25, 0.3) is 5.91 Å². The number of amides is 1. The summed E-state index contributed by atoms with van der Waals surface area (Å²) < 4.78 is 34.9. The van der Waals surface area contributed by atoms with Crippen LogP contribution in [0.3, 0.4) is 0 Å². The third kappa shape index (κ3) is 4.28. The standard InChI is InChI=1S/C21H28N4O4S/c1-15-13-24(14-16(2)29-15)30(27,28)19-9-7-17(8-10-19)21(26)23-20-11-12-22-25(20)18-5-3-4-6-18/h7-12,15-16,18H,3-6,13-14H2,1-2H3,(H,23,26)/t15-,16-/m0/s1. The second-order valence-corrected chi connectivity index (χ2v) is 10.1. The first-order valence-electron chi connectivity index (χ1n) is 10.4. The number of carbonyl (C=O) groups is 1. The van der Waals surface area contributed by atoms with Crippen LogP contribution in [0.1, 0.15) is 55.9 Å². The zero-order valence-electron chi connectivity index (χ0n) is 17.3. The maximum atomic E-state index is 13.0. The third-order valence-corrected chi connectivity index (χ3v) is 7.57. The maximum absolute atomic E-state index is 13.0. The molecule has 2 aromatic rings. The molecule has 1 saturated carbocycles. The van der Waals surface area contributed by atoms with Crippen LogP contribution < -0.4 is 5.32 Å². The van der Waals surface area contributed by atoms with E-state index in [1.165, 1.54) is 29.3 Å². The number of benzene rings is 1.